The Kier molecular flexibility index (Phi) is 5.96. The van der Waals surface area contributed by atoms with Gasteiger partial charge in [0.1, 0.15) is 6.17 Å². The average molecular weight is 388 g/mol. The number of halogens is 1. The number of rotatable bonds is 6. The number of hydrogen-bond acceptors (Lipinski definition) is 8. The summed E-state index contributed by atoms with van der Waals surface area (Å²) in [7, 11) is 0. The summed E-state index contributed by atoms with van der Waals surface area (Å²) in [5.41, 5.74) is -1.21. The van der Waals surface area contributed by atoms with E-state index in [4.69, 9.17) is 4.42 Å². The van der Waals surface area contributed by atoms with Crippen molar-refractivity contribution in [2.45, 2.75) is 70.0 Å². The number of hydrogen-bond donors (Lipinski definition) is 4. The van der Waals surface area contributed by atoms with E-state index in [-0.39, 0.29) is 32.0 Å². The molecule has 4 N–H and O–H groups in total. The van der Waals surface area contributed by atoms with Gasteiger partial charge in [-0.3, -0.25) is 4.79 Å². The number of aliphatic hydroxyl groups excluding tert-OH is 1. The molecule has 0 aromatic carbocycles. The Balaban J connectivity index is 2.20. The van der Waals surface area contributed by atoms with E-state index in [2.05, 4.69) is 15.5 Å². The lowest BCUT2D eigenvalue weighted by Gasteiger charge is -2.33. The molecule has 1 aliphatic heterocycles. The molecule has 1 aliphatic rings. The molecule has 1 fully saturated rings. The van der Waals surface area contributed by atoms with Gasteiger partial charge in [0.15, 0.2) is 0 Å². The molecule has 1 amide bonds. The lowest BCUT2D eigenvalue weighted by atomic mass is 9.97. The van der Waals surface area contributed by atoms with Gasteiger partial charge in [-0.15, -0.1) is 10.2 Å². The molecule has 1 aromatic heterocycles. The van der Waals surface area contributed by atoms with Crippen molar-refractivity contribution >= 4 is 5.91 Å². The highest BCUT2D eigenvalue weighted by atomic mass is 19.1. The fraction of sp³-hybridized carbons (Fsp3) is 0.824. The number of nitrogens with zero attached hydrogens (tertiary/aromatic N) is 3. The number of carbonyl (C=O) groups is 1. The maximum atomic E-state index is 14.0. The van der Waals surface area contributed by atoms with Crippen molar-refractivity contribution in [1.29, 1.82) is 0 Å². The molecule has 1 aromatic rings. The number of aliphatic hydroxyl groups is 3. The topological polar surface area (TPSA) is 132 Å². The quantitative estimate of drug-likeness (QED) is 0.493. The molecule has 0 aliphatic carbocycles. The SMILES string of the molecule is CC(C)(CO)NCC(=O)N1C[C@@H](F)C[C@H]1C(O)(O)c1nnc(C(C)(C)C)o1. The Bertz CT molecular complexity index is 671. The monoisotopic (exact) mass is 388 g/mol. The molecule has 0 unspecified atom stereocenters. The van der Waals surface area contributed by atoms with E-state index in [1.165, 1.54) is 0 Å². The highest BCUT2D eigenvalue weighted by Gasteiger charge is 2.51. The fourth-order valence-corrected chi connectivity index (χ4v) is 2.73. The second-order valence-electron chi connectivity index (χ2n) is 8.68. The third-order valence-corrected chi connectivity index (χ3v) is 4.53. The van der Waals surface area contributed by atoms with E-state index in [9.17, 15) is 24.5 Å². The molecule has 9 nitrogen and oxygen atoms in total. The van der Waals surface area contributed by atoms with Crippen LogP contribution in [0, 0.1) is 0 Å². The first-order valence-electron chi connectivity index (χ1n) is 8.86. The van der Waals surface area contributed by atoms with Crippen molar-refractivity contribution in [3.8, 4) is 0 Å². The minimum Gasteiger partial charge on any atom is -0.419 e. The molecule has 1 saturated heterocycles. The van der Waals surface area contributed by atoms with Crippen LogP contribution < -0.4 is 5.32 Å². The molecule has 2 atom stereocenters. The largest absolute Gasteiger partial charge is 0.419 e. The molecule has 10 heteroatoms. The van der Waals surface area contributed by atoms with Crippen molar-refractivity contribution in [3.63, 3.8) is 0 Å². The summed E-state index contributed by atoms with van der Waals surface area (Å²) in [4.78, 5) is 13.6. The average Bonchev–Trinajstić information content (AvgIpc) is 3.19. The van der Waals surface area contributed by atoms with E-state index in [0.29, 0.717) is 0 Å². The van der Waals surface area contributed by atoms with Crippen LogP contribution in [0.25, 0.3) is 0 Å². The molecule has 0 saturated carbocycles. The maximum Gasteiger partial charge on any atom is 0.278 e. The predicted octanol–water partition coefficient (Wildman–Crippen LogP) is -0.196. The first-order chi connectivity index (χ1) is 12.3. The highest BCUT2D eigenvalue weighted by Crippen LogP contribution is 2.34. The van der Waals surface area contributed by atoms with Crippen LogP contribution in [-0.2, 0) is 16.0 Å². The Morgan fingerprint density at radius 3 is 2.37 bits per heavy atom. The minimum atomic E-state index is -2.68. The molecular formula is C17H29FN4O5. The van der Waals surface area contributed by atoms with Crippen LogP contribution in [-0.4, -0.2) is 73.8 Å². The summed E-state index contributed by atoms with van der Waals surface area (Å²) in [6.45, 7) is 8.20. The van der Waals surface area contributed by atoms with E-state index < -0.39 is 40.8 Å². The molecule has 0 radical (unpaired) electrons. The molecular weight excluding hydrogens is 359 g/mol. The third kappa shape index (κ3) is 4.81. The predicted molar refractivity (Wildman–Crippen MR) is 93.3 cm³/mol. The fourth-order valence-electron chi connectivity index (χ4n) is 2.73. The molecule has 0 bridgehead atoms. The Morgan fingerprint density at radius 1 is 1.26 bits per heavy atom. The van der Waals surface area contributed by atoms with Gasteiger partial charge < -0.3 is 30.0 Å². The van der Waals surface area contributed by atoms with Crippen LogP contribution in [0.3, 0.4) is 0 Å². The second kappa shape index (κ2) is 7.42. The van der Waals surface area contributed by atoms with Crippen molar-refractivity contribution in [1.82, 2.24) is 20.4 Å². The van der Waals surface area contributed by atoms with Gasteiger partial charge in [-0.05, 0) is 13.8 Å². The van der Waals surface area contributed by atoms with Crippen LogP contribution in [0.4, 0.5) is 4.39 Å². The van der Waals surface area contributed by atoms with Gasteiger partial charge in [0.2, 0.25) is 11.8 Å². The van der Waals surface area contributed by atoms with Gasteiger partial charge in [-0.25, -0.2) is 4.39 Å². The molecule has 0 spiro atoms. The summed E-state index contributed by atoms with van der Waals surface area (Å²) < 4.78 is 19.4. The Hall–Kier alpha value is -1.62. The van der Waals surface area contributed by atoms with Gasteiger partial charge in [0.25, 0.3) is 11.7 Å². The van der Waals surface area contributed by atoms with Crippen molar-refractivity contribution < 1.29 is 28.9 Å². The van der Waals surface area contributed by atoms with Gasteiger partial charge in [-0.2, -0.15) is 0 Å². The minimum absolute atomic E-state index is 0.191. The number of likely N-dealkylation sites (tertiary alicyclic amines) is 1. The van der Waals surface area contributed by atoms with E-state index in [1.807, 2.05) is 20.8 Å². The summed E-state index contributed by atoms with van der Waals surface area (Å²) in [6, 6.07) is -1.27. The van der Waals surface area contributed by atoms with E-state index in [0.717, 1.165) is 4.90 Å². The van der Waals surface area contributed by atoms with E-state index >= 15 is 0 Å². The van der Waals surface area contributed by atoms with Crippen LogP contribution in [0.15, 0.2) is 4.42 Å². The number of alkyl halides is 1. The summed E-state index contributed by atoms with van der Waals surface area (Å²) in [6.07, 6.45) is -1.68. The number of carbonyl (C=O) groups excluding carboxylic acids is 1. The Labute approximate surface area is 157 Å². The highest BCUT2D eigenvalue weighted by molar-refractivity contribution is 5.79. The van der Waals surface area contributed by atoms with Crippen LogP contribution in [0.5, 0.6) is 0 Å². The second-order valence-corrected chi connectivity index (χ2v) is 8.68. The zero-order valence-electron chi connectivity index (χ0n) is 16.4. The first-order valence-corrected chi connectivity index (χ1v) is 8.86. The first kappa shape index (κ1) is 21.7. The van der Waals surface area contributed by atoms with Gasteiger partial charge in [0, 0.05) is 17.4 Å². The standard InChI is InChI=1S/C17H29FN4O5/c1-15(2,3)13-20-21-14(27-13)17(25,26)11-6-10(18)8-22(11)12(24)7-19-16(4,5)9-23/h10-11,19,23,25-26H,6-9H2,1-5H3/t10-,11-/m0/s1. The normalized spacial score (nSPS) is 21.7. The molecule has 2 rings (SSSR count). The third-order valence-electron chi connectivity index (χ3n) is 4.53. The van der Waals surface area contributed by atoms with Crippen molar-refractivity contribution in [2.75, 3.05) is 19.7 Å². The van der Waals surface area contributed by atoms with Crippen LogP contribution in [0.2, 0.25) is 0 Å². The molecule has 2 heterocycles. The smallest absolute Gasteiger partial charge is 0.278 e. The van der Waals surface area contributed by atoms with E-state index in [1.54, 1.807) is 13.8 Å². The van der Waals surface area contributed by atoms with Crippen molar-refractivity contribution in [2.24, 2.45) is 0 Å². The zero-order chi connectivity index (χ0) is 20.6. The number of nitrogens with one attached hydrogen (secondary N) is 1. The van der Waals surface area contributed by atoms with Gasteiger partial charge in [-0.1, -0.05) is 20.8 Å². The number of aromatic nitrogens is 2. The Morgan fingerprint density at radius 2 is 1.85 bits per heavy atom. The summed E-state index contributed by atoms with van der Waals surface area (Å²) in [5.74, 6) is -3.49. The summed E-state index contributed by atoms with van der Waals surface area (Å²) >= 11 is 0. The zero-order valence-corrected chi connectivity index (χ0v) is 16.4. The van der Waals surface area contributed by atoms with Gasteiger partial charge >= 0.3 is 0 Å². The molecule has 27 heavy (non-hydrogen) atoms. The lowest BCUT2D eigenvalue weighted by molar-refractivity contribution is -0.225. The summed E-state index contributed by atoms with van der Waals surface area (Å²) in [5, 5.41) is 40.9. The van der Waals surface area contributed by atoms with Crippen molar-refractivity contribution in [3.05, 3.63) is 11.8 Å². The van der Waals surface area contributed by atoms with Gasteiger partial charge in [0.05, 0.1) is 25.7 Å². The number of amides is 1. The van der Waals surface area contributed by atoms with Crippen LogP contribution >= 0.6 is 0 Å². The lowest BCUT2D eigenvalue weighted by Crippen LogP contribution is -2.54. The molecule has 154 valence electrons. The van der Waals surface area contributed by atoms with Crippen LogP contribution in [0.1, 0.15) is 52.8 Å². The maximum absolute atomic E-state index is 14.0.